The first-order valence-electron chi connectivity index (χ1n) is 5.89. The molecular weight excluding hydrogens is 232 g/mol. The zero-order valence-corrected chi connectivity index (χ0v) is 10.2. The van der Waals surface area contributed by atoms with E-state index in [0.29, 0.717) is 30.8 Å². The molecule has 0 heterocycles. The van der Waals surface area contributed by atoms with E-state index < -0.39 is 6.10 Å². The van der Waals surface area contributed by atoms with Crippen LogP contribution in [0.3, 0.4) is 0 Å². The minimum atomic E-state index is -0.598. The summed E-state index contributed by atoms with van der Waals surface area (Å²) in [5, 5.41) is 29.8. The number of nitriles is 1. The van der Waals surface area contributed by atoms with Crippen molar-refractivity contribution in [3.05, 3.63) is 29.8 Å². The number of hydrogen-bond acceptors (Lipinski definition) is 5. The average Bonchev–Trinajstić information content (AvgIpc) is 2.42. The predicted octanol–water partition coefficient (Wildman–Crippen LogP) is 0.270. The minimum Gasteiger partial charge on any atom is -0.491 e. The van der Waals surface area contributed by atoms with E-state index in [0.717, 1.165) is 0 Å². The Morgan fingerprint density at radius 3 is 2.67 bits per heavy atom. The van der Waals surface area contributed by atoms with Crippen LogP contribution in [0.25, 0.3) is 0 Å². The predicted molar refractivity (Wildman–Crippen MR) is 67.2 cm³/mol. The smallest absolute Gasteiger partial charge is 0.119 e. The van der Waals surface area contributed by atoms with Crippen molar-refractivity contribution >= 4 is 0 Å². The third kappa shape index (κ3) is 5.64. The van der Waals surface area contributed by atoms with Crippen LogP contribution in [0.1, 0.15) is 12.0 Å². The molecule has 1 aromatic carbocycles. The number of aliphatic hydroxyl groups excluding tert-OH is 2. The Morgan fingerprint density at radius 2 is 2.06 bits per heavy atom. The van der Waals surface area contributed by atoms with E-state index in [4.69, 9.17) is 15.1 Å². The molecule has 0 unspecified atom stereocenters. The molecule has 0 aliphatic carbocycles. The van der Waals surface area contributed by atoms with E-state index in [-0.39, 0.29) is 13.2 Å². The molecule has 0 spiro atoms. The number of ether oxygens (including phenoxy) is 1. The molecule has 1 atom stereocenters. The first-order valence-corrected chi connectivity index (χ1v) is 5.89. The molecule has 5 nitrogen and oxygen atoms in total. The molecule has 0 saturated carbocycles. The lowest BCUT2D eigenvalue weighted by molar-refractivity contribution is 0.106. The van der Waals surface area contributed by atoms with Crippen molar-refractivity contribution in [3.63, 3.8) is 0 Å². The number of aliphatic hydroxyl groups is 2. The zero-order chi connectivity index (χ0) is 13.2. The van der Waals surface area contributed by atoms with Gasteiger partial charge in [-0.15, -0.1) is 0 Å². The average molecular weight is 250 g/mol. The molecule has 1 rings (SSSR count). The van der Waals surface area contributed by atoms with Crippen molar-refractivity contribution in [3.8, 4) is 11.8 Å². The van der Waals surface area contributed by atoms with Gasteiger partial charge in [-0.3, -0.25) is 0 Å². The molecular formula is C13H18N2O3. The van der Waals surface area contributed by atoms with Crippen molar-refractivity contribution in [2.45, 2.75) is 12.5 Å². The van der Waals surface area contributed by atoms with Crippen LogP contribution >= 0.6 is 0 Å². The fourth-order valence-electron chi connectivity index (χ4n) is 1.35. The van der Waals surface area contributed by atoms with Gasteiger partial charge in [-0.2, -0.15) is 5.26 Å². The molecule has 0 aromatic heterocycles. The highest BCUT2D eigenvalue weighted by molar-refractivity contribution is 5.34. The van der Waals surface area contributed by atoms with Gasteiger partial charge < -0.3 is 20.3 Å². The van der Waals surface area contributed by atoms with Crippen LogP contribution in [-0.4, -0.2) is 42.6 Å². The summed E-state index contributed by atoms with van der Waals surface area (Å²) in [6.07, 6.45) is 0.0720. The molecule has 0 aliphatic rings. The Labute approximate surface area is 107 Å². The Hall–Kier alpha value is -1.61. The van der Waals surface area contributed by atoms with Gasteiger partial charge in [-0.25, -0.2) is 0 Å². The van der Waals surface area contributed by atoms with Crippen molar-refractivity contribution < 1.29 is 14.9 Å². The summed E-state index contributed by atoms with van der Waals surface area (Å²) in [6.45, 7) is 1.43. The monoisotopic (exact) mass is 250 g/mol. The largest absolute Gasteiger partial charge is 0.491 e. The van der Waals surface area contributed by atoms with E-state index in [1.165, 1.54) is 0 Å². The normalized spacial score (nSPS) is 11.8. The van der Waals surface area contributed by atoms with E-state index >= 15 is 0 Å². The van der Waals surface area contributed by atoms with Gasteiger partial charge >= 0.3 is 0 Å². The first kappa shape index (κ1) is 14.5. The summed E-state index contributed by atoms with van der Waals surface area (Å²) in [4.78, 5) is 0. The summed E-state index contributed by atoms with van der Waals surface area (Å²) < 4.78 is 5.38. The van der Waals surface area contributed by atoms with Gasteiger partial charge in [-0.1, -0.05) is 0 Å². The molecule has 1 aromatic rings. The quantitative estimate of drug-likeness (QED) is 0.577. The number of rotatable bonds is 8. The van der Waals surface area contributed by atoms with Gasteiger partial charge in [0.2, 0.25) is 0 Å². The maximum atomic E-state index is 9.61. The Kier molecular flexibility index (Phi) is 6.81. The van der Waals surface area contributed by atoms with Crippen molar-refractivity contribution in [2.24, 2.45) is 0 Å². The van der Waals surface area contributed by atoms with Crippen molar-refractivity contribution in [1.82, 2.24) is 5.32 Å². The van der Waals surface area contributed by atoms with Gasteiger partial charge in [-0.05, 0) is 37.2 Å². The third-order valence-electron chi connectivity index (χ3n) is 2.32. The number of nitrogens with zero attached hydrogens (tertiary/aromatic N) is 1. The van der Waals surface area contributed by atoms with Crippen LogP contribution in [0.5, 0.6) is 5.75 Å². The lowest BCUT2D eigenvalue weighted by Crippen LogP contribution is -2.32. The lowest BCUT2D eigenvalue weighted by atomic mass is 10.2. The second-order valence-corrected chi connectivity index (χ2v) is 3.88. The Morgan fingerprint density at radius 1 is 1.33 bits per heavy atom. The molecule has 0 aliphatic heterocycles. The van der Waals surface area contributed by atoms with Crippen molar-refractivity contribution in [2.75, 3.05) is 26.3 Å². The van der Waals surface area contributed by atoms with E-state index in [1.54, 1.807) is 24.3 Å². The Bertz CT molecular complexity index is 373. The summed E-state index contributed by atoms with van der Waals surface area (Å²) in [5.74, 6) is 0.628. The number of hydrogen-bond donors (Lipinski definition) is 3. The molecule has 3 N–H and O–H groups in total. The van der Waals surface area contributed by atoms with E-state index in [1.807, 2.05) is 6.07 Å². The molecule has 0 saturated heterocycles. The Balaban J connectivity index is 2.21. The molecule has 98 valence electrons. The van der Waals surface area contributed by atoms with E-state index in [9.17, 15) is 5.11 Å². The molecule has 0 amide bonds. The van der Waals surface area contributed by atoms with Crippen LogP contribution in [0.4, 0.5) is 0 Å². The SMILES string of the molecule is N#Cc1ccc(OC[C@@H](O)CNCCCO)cc1. The van der Waals surface area contributed by atoms with Gasteiger partial charge in [0.15, 0.2) is 0 Å². The third-order valence-corrected chi connectivity index (χ3v) is 2.32. The molecule has 18 heavy (non-hydrogen) atoms. The van der Waals surface area contributed by atoms with Gasteiger partial charge in [0, 0.05) is 13.2 Å². The maximum Gasteiger partial charge on any atom is 0.119 e. The minimum absolute atomic E-state index is 0.144. The van der Waals surface area contributed by atoms with Crippen LogP contribution < -0.4 is 10.1 Å². The zero-order valence-electron chi connectivity index (χ0n) is 10.2. The molecule has 0 fully saturated rings. The van der Waals surface area contributed by atoms with Crippen LogP contribution in [0.2, 0.25) is 0 Å². The topological polar surface area (TPSA) is 85.5 Å². The fourth-order valence-corrected chi connectivity index (χ4v) is 1.35. The van der Waals surface area contributed by atoms with Crippen molar-refractivity contribution in [1.29, 1.82) is 5.26 Å². The maximum absolute atomic E-state index is 9.61. The highest BCUT2D eigenvalue weighted by atomic mass is 16.5. The van der Waals surface area contributed by atoms with Crippen LogP contribution in [0.15, 0.2) is 24.3 Å². The summed E-state index contributed by atoms with van der Waals surface area (Å²) in [6, 6.07) is 8.76. The second kappa shape index (κ2) is 8.48. The fraction of sp³-hybridized carbons (Fsp3) is 0.462. The molecule has 5 heteroatoms. The summed E-state index contributed by atoms with van der Waals surface area (Å²) >= 11 is 0. The van der Waals surface area contributed by atoms with Crippen LogP contribution in [-0.2, 0) is 0 Å². The summed E-state index contributed by atoms with van der Waals surface area (Å²) in [7, 11) is 0. The summed E-state index contributed by atoms with van der Waals surface area (Å²) in [5.41, 5.74) is 0.577. The number of benzene rings is 1. The van der Waals surface area contributed by atoms with Gasteiger partial charge in [0.25, 0.3) is 0 Å². The highest BCUT2D eigenvalue weighted by Crippen LogP contribution is 2.11. The highest BCUT2D eigenvalue weighted by Gasteiger charge is 2.04. The van der Waals surface area contributed by atoms with Gasteiger partial charge in [0.1, 0.15) is 18.5 Å². The lowest BCUT2D eigenvalue weighted by Gasteiger charge is -2.13. The second-order valence-electron chi connectivity index (χ2n) is 3.88. The van der Waals surface area contributed by atoms with E-state index in [2.05, 4.69) is 5.32 Å². The standard InChI is InChI=1S/C13H18N2O3/c14-8-11-2-4-13(5-3-11)18-10-12(17)9-15-6-1-7-16/h2-5,12,15-17H,1,6-7,9-10H2/t12-/m0/s1. The first-order chi connectivity index (χ1) is 8.76. The number of nitrogens with one attached hydrogen (secondary N) is 1. The molecule has 0 radical (unpaired) electrons. The molecule has 0 bridgehead atoms. The van der Waals surface area contributed by atoms with Crippen LogP contribution in [0, 0.1) is 11.3 Å². The van der Waals surface area contributed by atoms with Gasteiger partial charge in [0.05, 0.1) is 11.6 Å².